The quantitative estimate of drug-likeness (QED) is 0.917. The van der Waals surface area contributed by atoms with E-state index in [-0.39, 0.29) is 5.78 Å². The molecule has 0 radical (unpaired) electrons. The van der Waals surface area contributed by atoms with Crippen molar-refractivity contribution in [1.29, 1.82) is 0 Å². The Kier molecular flexibility index (Phi) is 4.76. The molecule has 0 spiro atoms. The van der Waals surface area contributed by atoms with Crippen LogP contribution in [0.3, 0.4) is 0 Å². The second-order valence-electron chi connectivity index (χ2n) is 6.13. The van der Waals surface area contributed by atoms with E-state index in [1.54, 1.807) is 18.5 Å². The van der Waals surface area contributed by atoms with Gasteiger partial charge in [-0.15, -0.1) is 0 Å². The molecule has 0 aromatic carbocycles. The fourth-order valence-electron chi connectivity index (χ4n) is 2.78. The average molecular weight is 275 g/mol. The Morgan fingerprint density at radius 1 is 1.30 bits per heavy atom. The highest BCUT2D eigenvalue weighted by Crippen LogP contribution is 2.23. The maximum Gasteiger partial charge on any atom is 0.157 e. The first-order valence-electron chi connectivity index (χ1n) is 7.48. The number of anilines is 1. The number of nitrogens with two attached hydrogens (primary N) is 1. The molecule has 0 bridgehead atoms. The summed E-state index contributed by atoms with van der Waals surface area (Å²) in [6.07, 6.45) is 8.64. The van der Waals surface area contributed by atoms with E-state index in [4.69, 9.17) is 5.73 Å². The first-order valence-corrected chi connectivity index (χ1v) is 7.48. The van der Waals surface area contributed by atoms with Crippen LogP contribution in [0.2, 0.25) is 0 Å². The van der Waals surface area contributed by atoms with Crippen LogP contribution in [0.1, 0.15) is 45.1 Å². The van der Waals surface area contributed by atoms with Crippen molar-refractivity contribution in [1.82, 2.24) is 9.88 Å². The number of likely N-dealkylation sites (tertiary alicyclic amines) is 1. The summed E-state index contributed by atoms with van der Waals surface area (Å²) in [5.74, 6) is 0.221. The average Bonchev–Trinajstić information content (AvgIpc) is 2.70. The van der Waals surface area contributed by atoms with Crippen LogP contribution in [0.15, 0.2) is 18.5 Å². The number of rotatable bonds is 4. The number of carbonyl (C=O) groups is 1. The zero-order chi connectivity index (χ0) is 14.6. The molecule has 0 aliphatic carbocycles. The topological polar surface area (TPSA) is 59.2 Å². The smallest absolute Gasteiger partial charge is 0.157 e. The second-order valence-corrected chi connectivity index (χ2v) is 6.13. The summed E-state index contributed by atoms with van der Waals surface area (Å²) in [6.45, 7) is 6.10. The van der Waals surface area contributed by atoms with Crippen LogP contribution in [-0.2, 0) is 11.2 Å². The minimum atomic E-state index is -0.424. The Hall–Kier alpha value is -1.42. The van der Waals surface area contributed by atoms with Crippen LogP contribution >= 0.6 is 0 Å². The van der Waals surface area contributed by atoms with Gasteiger partial charge in [-0.3, -0.25) is 14.7 Å². The Bertz CT molecular complexity index is 463. The van der Waals surface area contributed by atoms with Crippen molar-refractivity contribution in [2.75, 3.05) is 18.8 Å². The van der Waals surface area contributed by atoms with Crippen molar-refractivity contribution in [3.8, 4) is 0 Å². The molecule has 2 rings (SSSR count). The fraction of sp³-hybridized carbons (Fsp3) is 0.625. The summed E-state index contributed by atoms with van der Waals surface area (Å²) in [7, 11) is 0. The maximum absolute atomic E-state index is 12.7. The van der Waals surface area contributed by atoms with Gasteiger partial charge in [0.05, 0.1) is 5.54 Å². The molecule has 20 heavy (non-hydrogen) atoms. The number of carbonyl (C=O) groups excluding carboxylic acids is 1. The Balaban J connectivity index is 2.08. The number of nitrogens with zero attached hydrogens (tertiary/aromatic N) is 2. The van der Waals surface area contributed by atoms with Gasteiger partial charge in [0, 0.05) is 30.1 Å². The second kappa shape index (κ2) is 6.35. The largest absolute Gasteiger partial charge is 0.398 e. The SMILES string of the molecule is CC(C)(C(=O)Cc1cnccc1N)N1CCCCCC1. The molecule has 1 aromatic rings. The van der Waals surface area contributed by atoms with E-state index in [2.05, 4.69) is 9.88 Å². The van der Waals surface area contributed by atoms with Crippen molar-refractivity contribution in [2.45, 2.75) is 51.5 Å². The molecule has 0 amide bonds. The standard InChI is InChI=1S/C16H25N3O/c1-16(2,19-9-5-3-4-6-10-19)15(20)11-13-12-18-8-7-14(13)17/h7-8,12H,3-6,9-11H2,1-2H3,(H2,17,18). The minimum Gasteiger partial charge on any atom is -0.398 e. The number of aromatic nitrogens is 1. The summed E-state index contributed by atoms with van der Waals surface area (Å²) < 4.78 is 0. The number of pyridine rings is 1. The molecule has 2 heterocycles. The molecule has 0 atom stereocenters. The van der Waals surface area contributed by atoms with E-state index < -0.39 is 5.54 Å². The van der Waals surface area contributed by atoms with Crippen molar-refractivity contribution in [3.05, 3.63) is 24.0 Å². The number of Topliss-reactive ketones (excluding diaryl/α,β-unsaturated/α-hetero) is 1. The minimum absolute atomic E-state index is 0.221. The summed E-state index contributed by atoms with van der Waals surface area (Å²) >= 11 is 0. The Labute approximate surface area is 121 Å². The van der Waals surface area contributed by atoms with E-state index in [9.17, 15) is 4.79 Å². The van der Waals surface area contributed by atoms with Crippen molar-refractivity contribution < 1.29 is 4.79 Å². The van der Waals surface area contributed by atoms with Crippen molar-refractivity contribution in [2.24, 2.45) is 0 Å². The predicted molar refractivity (Wildman–Crippen MR) is 81.5 cm³/mol. The zero-order valence-corrected chi connectivity index (χ0v) is 12.6. The van der Waals surface area contributed by atoms with Crippen LogP contribution in [0.4, 0.5) is 5.69 Å². The molecule has 110 valence electrons. The normalized spacial score (nSPS) is 17.7. The first kappa shape index (κ1) is 15.0. The Morgan fingerprint density at radius 2 is 1.95 bits per heavy atom. The lowest BCUT2D eigenvalue weighted by molar-refractivity contribution is -0.128. The molecule has 0 unspecified atom stereocenters. The van der Waals surface area contributed by atoms with Crippen LogP contribution < -0.4 is 5.73 Å². The summed E-state index contributed by atoms with van der Waals surface area (Å²) in [6, 6.07) is 1.75. The van der Waals surface area contributed by atoms with Gasteiger partial charge in [0.1, 0.15) is 0 Å². The summed E-state index contributed by atoms with van der Waals surface area (Å²) in [5.41, 5.74) is 6.97. The molecular formula is C16H25N3O. The molecule has 2 N–H and O–H groups in total. The molecule has 4 heteroatoms. The van der Waals surface area contributed by atoms with Crippen LogP contribution in [0.25, 0.3) is 0 Å². The predicted octanol–water partition coefficient (Wildman–Crippen LogP) is 2.43. The summed E-state index contributed by atoms with van der Waals surface area (Å²) in [5, 5.41) is 0. The maximum atomic E-state index is 12.7. The number of hydrogen-bond donors (Lipinski definition) is 1. The highest BCUT2D eigenvalue weighted by molar-refractivity contribution is 5.90. The number of nitrogen functional groups attached to an aromatic ring is 1. The highest BCUT2D eigenvalue weighted by Gasteiger charge is 2.34. The van der Waals surface area contributed by atoms with Crippen LogP contribution in [0.5, 0.6) is 0 Å². The van der Waals surface area contributed by atoms with Gasteiger partial charge in [-0.05, 0) is 45.8 Å². The number of hydrogen-bond acceptors (Lipinski definition) is 4. The van der Waals surface area contributed by atoms with E-state index in [0.29, 0.717) is 12.1 Å². The van der Waals surface area contributed by atoms with Gasteiger partial charge in [-0.25, -0.2) is 0 Å². The molecule has 1 aromatic heterocycles. The molecular weight excluding hydrogens is 250 g/mol. The molecule has 0 saturated carbocycles. The van der Waals surface area contributed by atoms with E-state index >= 15 is 0 Å². The lowest BCUT2D eigenvalue weighted by Crippen LogP contribution is -2.51. The molecule has 4 nitrogen and oxygen atoms in total. The Morgan fingerprint density at radius 3 is 2.55 bits per heavy atom. The van der Waals surface area contributed by atoms with Crippen LogP contribution in [0, 0.1) is 0 Å². The van der Waals surface area contributed by atoms with Gasteiger partial charge < -0.3 is 5.73 Å². The lowest BCUT2D eigenvalue weighted by atomic mass is 9.91. The van der Waals surface area contributed by atoms with Crippen molar-refractivity contribution >= 4 is 11.5 Å². The third kappa shape index (κ3) is 3.37. The highest BCUT2D eigenvalue weighted by atomic mass is 16.1. The van der Waals surface area contributed by atoms with Gasteiger partial charge in [-0.2, -0.15) is 0 Å². The van der Waals surface area contributed by atoms with Gasteiger partial charge in [0.2, 0.25) is 0 Å². The first-order chi connectivity index (χ1) is 9.51. The van der Waals surface area contributed by atoms with E-state index in [1.807, 2.05) is 13.8 Å². The third-order valence-corrected chi connectivity index (χ3v) is 4.37. The fourth-order valence-corrected chi connectivity index (χ4v) is 2.78. The summed E-state index contributed by atoms with van der Waals surface area (Å²) in [4.78, 5) is 19.1. The third-order valence-electron chi connectivity index (χ3n) is 4.37. The monoisotopic (exact) mass is 275 g/mol. The van der Waals surface area contributed by atoms with Gasteiger partial charge in [0.15, 0.2) is 5.78 Å². The molecule has 1 aliphatic heterocycles. The van der Waals surface area contributed by atoms with Gasteiger partial charge in [0.25, 0.3) is 0 Å². The van der Waals surface area contributed by atoms with Crippen molar-refractivity contribution in [3.63, 3.8) is 0 Å². The van der Waals surface area contributed by atoms with E-state index in [1.165, 1.54) is 25.7 Å². The number of ketones is 1. The molecule has 1 aliphatic rings. The van der Waals surface area contributed by atoms with Crippen LogP contribution in [-0.4, -0.2) is 34.3 Å². The van der Waals surface area contributed by atoms with E-state index in [0.717, 1.165) is 18.7 Å². The van der Waals surface area contributed by atoms with Gasteiger partial charge in [-0.1, -0.05) is 12.8 Å². The molecule has 1 fully saturated rings. The van der Waals surface area contributed by atoms with Gasteiger partial charge >= 0.3 is 0 Å². The molecule has 1 saturated heterocycles. The lowest BCUT2D eigenvalue weighted by Gasteiger charge is -2.36. The zero-order valence-electron chi connectivity index (χ0n) is 12.6.